The highest BCUT2D eigenvalue weighted by atomic mass is 32.2. The van der Waals surface area contributed by atoms with Crippen molar-refractivity contribution >= 4 is 10.0 Å². The zero-order chi connectivity index (χ0) is 14.1. The fourth-order valence-electron chi connectivity index (χ4n) is 1.91. The summed E-state index contributed by atoms with van der Waals surface area (Å²) in [5.41, 5.74) is 1.01. The molecule has 1 aromatic rings. The van der Waals surface area contributed by atoms with Crippen molar-refractivity contribution in [1.82, 2.24) is 10.0 Å². The van der Waals surface area contributed by atoms with Gasteiger partial charge in [-0.15, -0.1) is 0 Å². The predicted octanol–water partition coefficient (Wildman–Crippen LogP) is 2.06. The number of rotatable bonds is 9. The second-order valence-electron chi connectivity index (χ2n) is 4.52. The fourth-order valence-corrected chi connectivity index (χ4v) is 3.29. The first-order valence-electron chi connectivity index (χ1n) is 6.84. The lowest BCUT2D eigenvalue weighted by Gasteiger charge is -2.17. The molecule has 5 heteroatoms. The summed E-state index contributed by atoms with van der Waals surface area (Å²) in [5.74, 6) is 0.170. The lowest BCUT2D eigenvalue weighted by Crippen LogP contribution is -2.31. The predicted molar refractivity (Wildman–Crippen MR) is 79.6 cm³/mol. The molecule has 0 spiro atoms. The van der Waals surface area contributed by atoms with Crippen molar-refractivity contribution < 1.29 is 8.42 Å². The molecular weight excluding hydrogens is 260 g/mol. The molecule has 0 aliphatic rings. The van der Waals surface area contributed by atoms with Gasteiger partial charge in [-0.3, -0.25) is 0 Å². The van der Waals surface area contributed by atoms with Crippen LogP contribution >= 0.6 is 0 Å². The van der Waals surface area contributed by atoms with Crippen LogP contribution in [0.5, 0.6) is 0 Å². The largest absolute Gasteiger partial charge is 0.317 e. The molecule has 1 aromatic carbocycles. The van der Waals surface area contributed by atoms with Crippen molar-refractivity contribution in [3.8, 4) is 0 Å². The van der Waals surface area contributed by atoms with Gasteiger partial charge in [0.2, 0.25) is 10.0 Å². The summed E-state index contributed by atoms with van der Waals surface area (Å²) in [4.78, 5) is 0. The molecule has 1 rings (SSSR count). The third kappa shape index (κ3) is 6.18. The maximum absolute atomic E-state index is 12.0. The van der Waals surface area contributed by atoms with Gasteiger partial charge in [0, 0.05) is 6.04 Å². The average molecular weight is 284 g/mol. The number of hydrogen-bond donors (Lipinski definition) is 2. The fraction of sp³-hybridized carbons (Fsp3) is 0.571. The van der Waals surface area contributed by atoms with Crippen molar-refractivity contribution in [3.05, 3.63) is 35.9 Å². The molecule has 1 atom stereocenters. The molecule has 0 aliphatic heterocycles. The first-order valence-corrected chi connectivity index (χ1v) is 8.50. The smallest absolute Gasteiger partial charge is 0.212 e. The minimum atomic E-state index is -3.21. The molecule has 0 saturated heterocycles. The Morgan fingerprint density at radius 3 is 2.42 bits per heavy atom. The van der Waals surface area contributed by atoms with Crippen LogP contribution in [0.4, 0.5) is 0 Å². The topological polar surface area (TPSA) is 58.2 Å². The van der Waals surface area contributed by atoms with E-state index in [-0.39, 0.29) is 11.8 Å². The zero-order valence-electron chi connectivity index (χ0n) is 11.7. The summed E-state index contributed by atoms with van der Waals surface area (Å²) in [6.07, 6.45) is 1.38. The molecule has 19 heavy (non-hydrogen) atoms. The van der Waals surface area contributed by atoms with Crippen LogP contribution in [0.15, 0.2) is 30.3 Å². The van der Waals surface area contributed by atoms with Gasteiger partial charge >= 0.3 is 0 Å². The van der Waals surface area contributed by atoms with Crippen molar-refractivity contribution in [3.63, 3.8) is 0 Å². The van der Waals surface area contributed by atoms with Crippen LogP contribution in [0, 0.1) is 0 Å². The van der Waals surface area contributed by atoms with Crippen LogP contribution in [0.2, 0.25) is 0 Å². The Hall–Kier alpha value is -0.910. The highest BCUT2D eigenvalue weighted by Gasteiger charge is 2.17. The van der Waals surface area contributed by atoms with Crippen LogP contribution in [0.25, 0.3) is 0 Å². The van der Waals surface area contributed by atoms with Gasteiger partial charge < -0.3 is 5.32 Å². The van der Waals surface area contributed by atoms with E-state index in [1.54, 1.807) is 0 Å². The summed E-state index contributed by atoms with van der Waals surface area (Å²) >= 11 is 0. The molecule has 0 heterocycles. The number of benzene rings is 1. The number of nitrogens with one attached hydrogen (secondary N) is 2. The molecule has 2 N–H and O–H groups in total. The lowest BCUT2D eigenvalue weighted by molar-refractivity contribution is 0.546. The van der Waals surface area contributed by atoms with E-state index in [1.165, 1.54) is 0 Å². The van der Waals surface area contributed by atoms with E-state index in [0.29, 0.717) is 6.42 Å². The van der Waals surface area contributed by atoms with Gasteiger partial charge in [-0.05, 0) is 31.5 Å². The van der Waals surface area contributed by atoms with Gasteiger partial charge in [-0.25, -0.2) is 13.1 Å². The summed E-state index contributed by atoms with van der Waals surface area (Å²) in [5, 5.41) is 3.13. The summed E-state index contributed by atoms with van der Waals surface area (Å²) < 4.78 is 26.8. The van der Waals surface area contributed by atoms with E-state index in [9.17, 15) is 8.42 Å². The van der Waals surface area contributed by atoms with Gasteiger partial charge in [-0.2, -0.15) is 0 Å². The summed E-state index contributed by atoms with van der Waals surface area (Å²) in [6, 6.07) is 9.56. The molecule has 0 amide bonds. The van der Waals surface area contributed by atoms with Crippen LogP contribution in [0.3, 0.4) is 0 Å². The van der Waals surface area contributed by atoms with Crippen LogP contribution < -0.4 is 10.0 Å². The van der Waals surface area contributed by atoms with Crippen molar-refractivity contribution in [2.75, 3.05) is 18.8 Å². The third-order valence-electron chi connectivity index (χ3n) is 2.95. The zero-order valence-corrected chi connectivity index (χ0v) is 12.5. The molecule has 4 nitrogen and oxygen atoms in total. The molecule has 1 unspecified atom stereocenters. The maximum Gasteiger partial charge on any atom is 0.212 e. The molecular formula is C14H24N2O2S. The van der Waals surface area contributed by atoms with Gasteiger partial charge in [0.15, 0.2) is 0 Å². The molecule has 0 radical (unpaired) electrons. The Bertz CT molecular complexity index is 446. The monoisotopic (exact) mass is 284 g/mol. The van der Waals surface area contributed by atoms with Gasteiger partial charge in [0.25, 0.3) is 0 Å². The first kappa shape index (κ1) is 16.1. The SMILES string of the molecule is CCNCCCS(=O)(=O)NC(CC)c1ccccc1. The number of sulfonamides is 1. The number of hydrogen-bond acceptors (Lipinski definition) is 3. The van der Waals surface area contributed by atoms with E-state index < -0.39 is 10.0 Å². The van der Waals surface area contributed by atoms with E-state index in [4.69, 9.17) is 0 Å². The van der Waals surface area contributed by atoms with Gasteiger partial charge in [0.05, 0.1) is 5.75 Å². The molecule has 0 aliphatic carbocycles. The van der Waals surface area contributed by atoms with Crippen LogP contribution in [-0.2, 0) is 10.0 Å². The highest BCUT2D eigenvalue weighted by Crippen LogP contribution is 2.17. The second-order valence-corrected chi connectivity index (χ2v) is 6.39. The van der Waals surface area contributed by atoms with Crippen LogP contribution in [0.1, 0.15) is 38.3 Å². The highest BCUT2D eigenvalue weighted by molar-refractivity contribution is 7.89. The van der Waals surface area contributed by atoms with Crippen molar-refractivity contribution in [1.29, 1.82) is 0 Å². The Kier molecular flexibility index (Phi) is 7.05. The average Bonchev–Trinajstić information content (AvgIpc) is 2.42. The maximum atomic E-state index is 12.0. The molecule has 0 saturated carbocycles. The molecule has 108 valence electrons. The normalized spacial score (nSPS) is 13.4. The quantitative estimate of drug-likeness (QED) is 0.682. The minimum Gasteiger partial charge on any atom is -0.317 e. The third-order valence-corrected chi connectivity index (χ3v) is 4.42. The van der Waals surface area contributed by atoms with Gasteiger partial charge in [-0.1, -0.05) is 44.2 Å². The van der Waals surface area contributed by atoms with E-state index in [2.05, 4.69) is 10.0 Å². The molecule has 0 bridgehead atoms. The minimum absolute atomic E-state index is 0.134. The van der Waals surface area contributed by atoms with E-state index >= 15 is 0 Å². The first-order chi connectivity index (χ1) is 9.09. The Morgan fingerprint density at radius 1 is 1.16 bits per heavy atom. The van der Waals surface area contributed by atoms with E-state index in [1.807, 2.05) is 44.2 Å². The van der Waals surface area contributed by atoms with Crippen molar-refractivity contribution in [2.24, 2.45) is 0 Å². The Morgan fingerprint density at radius 2 is 1.84 bits per heavy atom. The Balaban J connectivity index is 2.55. The Labute approximate surface area is 116 Å². The van der Waals surface area contributed by atoms with E-state index in [0.717, 1.165) is 25.1 Å². The molecule has 0 fully saturated rings. The van der Waals surface area contributed by atoms with Gasteiger partial charge in [0.1, 0.15) is 0 Å². The van der Waals surface area contributed by atoms with Crippen molar-refractivity contribution in [2.45, 2.75) is 32.7 Å². The lowest BCUT2D eigenvalue weighted by atomic mass is 10.1. The summed E-state index contributed by atoms with van der Waals surface area (Å²) in [6.45, 7) is 5.60. The second kappa shape index (κ2) is 8.30. The molecule has 0 aromatic heterocycles. The summed E-state index contributed by atoms with van der Waals surface area (Å²) in [7, 11) is -3.21. The van der Waals surface area contributed by atoms with Crippen LogP contribution in [-0.4, -0.2) is 27.3 Å². The standard InChI is InChI=1S/C14H24N2O2S/c1-3-14(13-9-6-5-7-10-13)16-19(17,18)12-8-11-15-4-2/h5-7,9-10,14-16H,3-4,8,11-12H2,1-2H3.